The largest absolute Gasteiger partial charge is 0.504 e. The van der Waals surface area contributed by atoms with E-state index >= 15 is 0 Å². The second-order valence-corrected chi connectivity index (χ2v) is 5.89. The smallest absolute Gasteiger partial charge is 0.261 e. The van der Waals surface area contributed by atoms with Gasteiger partial charge in [0.25, 0.3) is 20.2 Å². The van der Waals surface area contributed by atoms with E-state index in [0.717, 1.165) is 0 Å². The summed E-state index contributed by atoms with van der Waals surface area (Å²) in [4.78, 5) is 0. The quantitative estimate of drug-likeness (QED) is 0.389. The van der Waals surface area contributed by atoms with E-state index in [1.54, 1.807) is 12.1 Å². The minimum Gasteiger partial charge on any atom is -0.504 e. The maximum Gasteiger partial charge on any atom is 0.261 e. The fourth-order valence-electron chi connectivity index (χ4n) is 0.464. The van der Waals surface area contributed by atoms with E-state index in [-0.39, 0.29) is 11.5 Å². The van der Waals surface area contributed by atoms with Crippen LogP contribution in [0.1, 0.15) is 0 Å². The van der Waals surface area contributed by atoms with E-state index in [0.29, 0.717) is 12.5 Å². The van der Waals surface area contributed by atoms with Gasteiger partial charge in [-0.2, -0.15) is 16.8 Å². The monoisotopic (exact) mass is 302 g/mol. The van der Waals surface area contributed by atoms with E-state index in [1.165, 1.54) is 12.1 Å². The molecule has 0 unspecified atom stereocenters. The highest BCUT2D eigenvalue weighted by molar-refractivity contribution is 7.85. The van der Waals surface area contributed by atoms with Gasteiger partial charge in [0.2, 0.25) is 0 Å². The number of phenols is 2. The van der Waals surface area contributed by atoms with Gasteiger partial charge < -0.3 is 10.2 Å². The van der Waals surface area contributed by atoms with E-state index in [1.807, 2.05) is 0 Å². The molecule has 10 heteroatoms. The number of hydrogen-bond donors (Lipinski definition) is 4. The van der Waals surface area contributed by atoms with Gasteiger partial charge in [0, 0.05) is 0 Å². The van der Waals surface area contributed by atoms with Crippen molar-refractivity contribution in [3.05, 3.63) is 24.3 Å². The van der Waals surface area contributed by atoms with Gasteiger partial charge in [-0.15, -0.1) is 0 Å². The predicted octanol–water partition coefficient (Wildman–Crippen LogP) is 0.106. The molecule has 1 aromatic rings. The van der Waals surface area contributed by atoms with Crippen molar-refractivity contribution in [3.63, 3.8) is 0 Å². The molecule has 18 heavy (non-hydrogen) atoms. The molecule has 0 aliphatic rings. The van der Waals surface area contributed by atoms with Crippen molar-refractivity contribution < 1.29 is 36.2 Å². The number of aromatic hydroxyl groups is 2. The van der Waals surface area contributed by atoms with Crippen molar-refractivity contribution in [1.82, 2.24) is 0 Å². The Hall–Kier alpha value is -1.36. The molecule has 0 heterocycles. The molecule has 0 fully saturated rings. The van der Waals surface area contributed by atoms with Crippen molar-refractivity contribution in [3.8, 4) is 11.5 Å². The fourth-order valence-corrected chi connectivity index (χ4v) is 0.464. The van der Waals surface area contributed by atoms with Crippen LogP contribution in [-0.4, -0.2) is 48.7 Å². The summed E-state index contributed by atoms with van der Waals surface area (Å²) < 4.78 is 51.7. The van der Waals surface area contributed by atoms with Crippen LogP contribution < -0.4 is 0 Å². The SMILES string of the molecule is CS(=O)(=O)O.CS(=O)(=O)O.Oc1ccccc1O. The Morgan fingerprint density at radius 2 is 0.944 bits per heavy atom. The Morgan fingerprint density at radius 3 is 1.06 bits per heavy atom. The highest BCUT2D eigenvalue weighted by atomic mass is 32.2. The molecule has 0 amide bonds. The van der Waals surface area contributed by atoms with Crippen molar-refractivity contribution >= 4 is 20.2 Å². The third-order valence-electron chi connectivity index (χ3n) is 0.882. The number of benzene rings is 1. The van der Waals surface area contributed by atoms with Gasteiger partial charge >= 0.3 is 0 Å². The molecule has 0 aromatic heterocycles. The Kier molecular flexibility index (Phi) is 8.30. The van der Waals surface area contributed by atoms with Crippen molar-refractivity contribution in [2.24, 2.45) is 0 Å². The first-order valence-electron chi connectivity index (χ1n) is 4.12. The van der Waals surface area contributed by atoms with Gasteiger partial charge in [-0.1, -0.05) is 12.1 Å². The lowest BCUT2D eigenvalue weighted by atomic mass is 10.3. The van der Waals surface area contributed by atoms with Crippen molar-refractivity contribution in [2.75, 3.05) is 12.5 Å². The van der Waals surface area contributed by atoms with Gasteiger partial charge in [0.05, 0.1) is 12.5 Å². The first-order valence-corrected chi connectivity index (χ1v) is 7.82. The number of para-hydroxylation sites is 2. The first-order chi connectivity index (χ1) is 7.80. The van der Waals surface area contributed by atoms with E-state index in [2.05, 4.69) is 0 Å². The number of hydrogen-bond acceptors (Lipinski definition) is 6. The molecule has 0 aliphatic heterocycles. The molecule has 106 valence electrons. The summed E-state index contributed by atoms with van der Waals surface area (Å²) in [5.41, 5.74) is 0. The molecular weight excluding hydrogens is 288 g/mol. The highest BCUT2D eigenvalue weighted by Gasteiger charge is 1.90. The lowest BCUT2D eigenvalue weighted by Gasteiger charge is -1.91. The molecule has 4 N–H and O–H groups in total. The van der Waals surface area contributed by atoms with Gasteiger partial charge in [0.15, 0.2) is 11.5 Å². The molecule has 8 nitrogen and oxygen atoms in total. The zero-order valence-corrected chi connectivity index (χ0v) is 11.2. The molecule has 1 rings (SSSR count). The van der Waals surface area contributed by atoms with Crippen LogP contribution in [0.3, 0.4) is 0 Å². The van der Waals surface area contributed by atoms with Crippen LogP contribution in [0.2, 0.25) is 0 Å². The molecule has 0 radical (unpaired) electrons. The Labute approximate surface area is 105 Å². The number of rotatable bonds is 0. The Balaban J connectivity index is 0. The average molecular weight is 302 g/mol. The summed E-state index contributed by atoms with van der Waals surface area (Å²) in [5.74, 6) is -0.153. The average Bonchev–Trinajstić information content (AvgIpc) is 2.04. The van der Waals surface area contributed by atoms with E-state index < -0.39 is 20.2 Å². The van der Waals surface area contributed by atoms with Crippen LogP contribution in [0, 0.1) is 0 Å². The van der Waals surface area contributed by atoms with Crippen molar-refractivity contribution in [2.45, 2.75) is 0 Å². The molecule has 0 saturated heterocycles. The van der Waals surface area contributed by atoms with E-state index in [4.69, 9.17) is 19.3 Å². The lowest BCUT2D eigenvalue weighted by molar-refractivity contribution is 0.404. The summed E-state index contributed by atoms with van der Waals surface area (Å²) in [6.45, 7) is 0. The zero-order valence-electron chi connectivity index (χ0n) is 9.55. The highest BCUT2D eigenvalue weighted by Crippen LogP contribution is 2.21. The van der Waals surface area contributed by atoms with Crippen LogP contribution in [0.25, 0.3) is 0 Å². The standard InChI is InChI=1S/C6H6O2.2CH4O3S/c7-5-3-1-2-4-6(5)8;2*1-5(2,3)4/h1-4,7-8H;2*1H3,(H,2,3,4). The maximum atomic E-state index is 9.19. The minimum absolute atomic E-state index is 0.0764. The molecule has 0 bridgehead atoms. The molecular formula is C8H14O8S2. The van der Waals surface area contributed by atoms with Gasteiger partial charge in [0.1, 0.15) is 0 Å². The Morgan fingerprint density at radius 1 is 0.778 bits per heavy atom. The van der Waals surface area contributed by atoms with Crippen LogP contribution in [-0.2, 0) is 20.2 Å². The predicted molar refractivity (Wildman–Crippen MR) is 64.7 cm³/mol. The van der Waals surface area contributed by atoms with Gasteiger partial charge in [-0.3, -0.25) is 9.11 Å². The summed E-state index contributed by atoms with van der Waals surface area (Å²) in [6, 6.07) is 6.15. The molecule has 0 saturated carbocycles. The number of phenolic OH excluding ortho intramolecular Hbond substituents is 2. The maximum absolute atomic E-state index is 9.19. The van der Waals surface area contributed by atoms with Crippen LogP contribution in [0.4, 0.5) is 0 Å². The molecule has 0 spiro atoms. The van der Waals surface area contributed by atoms with Crippen LogP contribution >= 0.6 is 0 Å². The molecule has 0 aliphatic carbocycles. The molecule has 1 aromatic carbocycles. The third kappa shape index (κ3) is 29.3. The normalized spacial score (nSPS) is 10.4. The third-order valence-corrected chi connectivity index (χ3v) is 0.882. The lowest BCUT2D eigenvalue weighted by Crippen LogP contribution is -1.88. The topological polar surface area (TPSA) is 149 Å². The minimum atomic E-state index is -3.67. The summed E-state index contributed by atoms with van der Waals surface area (Å²) >= 11 is 0. The van der Waals surface area contributed by atoms with Gasteiger partial charge in [-0.25, -0.2) is 0 Å². The van der Waals surface area contributed by atoms with Gasteiger partial charge in [-0.05, 0) is 12.1 Å². The van der Waals surface area contributed by atoms with Crippen LogP contribution in [0.5, 0.6) is 11.5 Å². The van der Waals surface area contributed by atoms with Crippen LogP contribution in [0.15, 0.2) is 24.3 Å². The second-order valence-electron chi connectivity index (χ2n) is 2.95. The second kappa shape index (κ2) is 7.87. The Bertz CT molecular complexity index is 479. The first kappa shape index (κ1) is 19.0. The van der Waals surface area contributed by atoms with Crippen molar-refractivity contribution in [1.29, 1.82) is 0 Å². The van der Waals surface area contributed by atoms with E-state index in [9.17, 15) is 16.8 Å². The fraction of sp³-hybridized carbons (Fsp3) is 0.250. The zero-order chi connectivity index (χ0) is 15.0. The summed E-state index contributed by atoms with van der Waals surface area (Å²) in [6.07, 6.45) is 1.43. The summed E-state index contributed by atoms with van der Waals surface area (Å²) in [5, 5.41) is 17.3. The molecule has 0 atom stereocenters. The summed E-state index contributed by atoms with van der Waals surface area (Å²) in [7, 11) is -7.33.